The van der Waals surface area contributed by atoms with Gasteiger partial charge in [-0.2, -0.15) is 0 Å². The second-order valence-electron chi connectivity index (χ2n) is 8.80. The van der Waals surface area contributed by atoms with Crippen molar-refractivity contribution in [1.82, 2.24) is 10.0 Å². The normalized spacial score (nSPS) is 32.9. The van der Waals surface area contributed by atoms with E-state index in [0.29, 0.717) is 11.8 Å². The van der Waals surface area contributed by atoms with E-state index in [1.54, 1.807) is 0 Å². The van der Waals surface area contributed by atoms with Crippen LogP contribution in [0.2, 0.25) is 0 Å². The van der Waals surface area contributed by atoms with E-state index in [4.69, 9.17) is 0 Å². The minimum atomic E-state index is -3.88. The highest BCUT2D eigenvalue weighted by Crippen LogP contribution is 2.64. The van der Waals surface area contributed by atoms with E-state index in [-0.39, 0.29) is 39.3 Å². The molecule has 2 atom stereocenters. The molecule has 1 aromatic rings. The first-order valence-electron chi connectivity index (χ1n) is 9.82. The number of nitrogens with zero attached hydrogens (tertiary/aromatic N) is 1. The molecule has 2 unspecified atom stereocenters. The van der Waals surface area contributed by atoms with Gasteiger partial charge in [-0.15, -0.1) is 0 Å². The lowest BCUT2D eigenvalue weighted by Gasteiger charge is -2.59. The zero-order valence-corrected chi connectivity index (χ0v) is 18.3. The zero-order valence-electron chi connectivity index (χ0n) is 15.9. The highest BCUT2D eigenvalue weighted by atomic mass is 79.9. The van der Waals surface area contributed by atoms with Crippen LogP contribution < -0.4 is 10.0 Å². The maximum Gasteiger partial charge on any atom is 0.270 e. The SMILES string of the molecule is O=C(NCCNS(=O)(=O)c1cccc([N+](=O)[O-])c1)C12CC3CC(CC(Br)(C3)C1)C2. The Labute approximate surface area is 178 Å². The van der Waals surface area contributed by atoms with Crippen LogP contribution in [-0.2, 0) is 14.8 Å². The number of alkyl halides is 1. The van der Waals surface area contributed by atoms with Gasteiger partial charge in [-0.3, -0.25) is 14.9 Å². The molecule has 0 radical (unpaired) electrons. The standard InChI is InChI=1S/C19H24BrN3O5S/c20-19-10-13-6-14(11-19)9-18(8-13,12-19)17(24)21-4-5-22-29(27,28)16-3-1-2-15(7-16)23(25)26/h1-3,7,13-14,22H,4-6,8-12H2,(H,21,24). The number of halogens is 1. The number of carbonyl (C=O) groups excluding carboxylic acids is 1. The molecule has 1 aromatic carbocycles. The number of nitro benzene ring substituents is 1. The lowest BCUT2D eigenvalue weighted by molar-refractivity contribution is -0.385. The van der Waals surface area contributed by atoms with Gasteiger partial charge < -0.3 is 5.32 Å². The van der Waals surface area contributed by atoms with Crippen LogP contribution in [0.4, 0.5) is 5.69 Å². The van der Waals surface area contributed by atoms with E-state index >= 15 is 0 Å². The minimum Gasteiger partial charge on any atom is -0.354 e. The lowest BCUT2D eigenvalue weighted by atomic mass is 9.49. The first-order valence-corrected chi connectivity index (χ1v) is 12.1. The average molecular weight is 486 g/mol. The number of nitro groups is 1. The summed E-state index contributed by atoms with van der Waals surface area (Å²) in [7, 11) is -3.88. The van der Waals surface area contributed by atoms with E-state index in [9.17, 15) is 23.3 Å². The summed E-state index contributed by atoms with van der Waals surface area (Å²) in [5.74, 6) is 1.20. The number of carbonyl (C=O) groups is 1. The lowest BCUT2D eigenvalue weighted by Crippen LogP contribution is -2.58. The predicted molar refractivity (Wildman–Crippen MR) is 110 cm³/mol. The second-order valence-corrected chi connectivity index (χ2v) is 12.2. The van der Waals surface area contributed by atoms with Crippen LogP contribution in [0.5, 0.6) is 0 Å². The molecule has 4 aliphatic rings. The number of hydrogen-bond donors (Lipinski definition) is 2. The van der Waals surface area contributed by atoms with Crippen LogP contribution in [0.3, 0.4) is 0 Å². The average Bonchev–Trinajstić information content (AvgIpc) is 2.63. The van der Waals surface area contributed by atoms with Crippen molar-refractivity contribution in [2.24, 2.45) is 17.3 Å². The third-order valence-electron chi connectivity index (χ3n) is 6.51. The van der Waals surface area contributed by atoms with Crippen LogP contribution in [0.15, 0.2) is 29.2 Å². The van der Waals surface area contributed by atoms with Crippen molar-refractivity contribution in [2.75, 3.05) is 13.1 Å². The fourth-order valence-corrected chi connectivity index (χ4v) is 8.34. The molecule has 158 valence electrons. The Morgan fingerprint density at radius 1 is 1.21 bits per heavy atom. The molecule has 5 rings (SSSR count). The van der Waals surface area contributed by atoms with Crippen molar-refractivity contribution in [2.45, 2.75) is 47.7 Å². The summed E-state index contributed by atoms with van der Waals surface area (Å²) in [5, 5.41) is 13.8. The monoisotopic (exact) mass is 485 g/mol. The summed E-state index contributed by atoms with van der Waals surface area (Å²) in [6.07, 6.45) is 6.18. The molecule has 29 heavy (non-hydrogen) atoms. The van der Waals surface area contributed by atoms with Crippen LogP contribution in [0.1, 0.15) is 38.5 Å². The van der Waals surface area contributed by atoms with Gasteiger partial charge in [0.15, 0.2) is 0 Å². The molecule has 2 N–H and O–H groups in total. The number of nitrogens with one attached hydrogen (secondary N) is 2. The molecule has 0 spiro atoms. The summed E-state index contributed by atoms with van der Waals surface area (Å²) >= 11 is 3.89. The summed E-state index contributed by atoms with van der Waals surface area (Å²) < 4.78 is 27.2. The Kier molecular flexibility index (Phi) is 5.23. The van der Waals surface area contributed by atoms with Crippen molar-refractivity contribution >= 4 is 37.5 Å². The molecule has 4 saturated carbocycles. The number of sulfonamides is 1. The second kappa shape index (κ2) is 7.31. The molecule has 0 heterocycles. The number of non-ortho nitro benzene ring substituents is 1. The van der Waals surface area contributed by atoms with Gasteiger partial charge in [-0.25, -0.2) is 13.1 Å². The quantitative estimate of drug-likeness (QED) is 0.266. The smallest absolute Gasteiger partial charge is 0.270 e. The van der Waals surface area contributed by atoms with Crippen molar-refractivity contribution in [3.05, 3.63) is 34.4 Å². The fraction of sp³-hybridized carbons (Fsp3) is 0.632. The van der Waals surface area contributed by atoms with Crippen molar-refractivity contribution in [3.63, 3.8) is 0 Å². The molecule has 4 aliphatic carbocycles. The maximum atomic E-state index is 13.0. The van der Waals surface area contributed by atoms with E-state index in [0.717, 1.165) is 38.2 Å². The van der Waals surface area contributed by atoms with Gasteiger partial charge in [0.25, 0.3) is 5.69 Å². The van der Waals surface area contributed by atoms with Crippen molar-refractivity contribution in [3.8, 4) is 0 Å². The first-order chi connectivity index (χ1) is 13.6. The van der Waals surface area contributed by atoms with Gasteiger partial charge in [-0.1, -0.05) is 22.0 Å². The van der Waals surface area contributed by atoms with Gasteiger partial charge >= 0.3 is 0 Å². The Morgan fingerprint density at radius 2 is 1.90 bits per heavy atom. The molecular formula is C19H24BrN3O5S. The van der Waals surface area contributed by atoms with Gasteiger partial charge in [0, 0.05) is 29.5 Å². The highest BCUT2D eigenvalue weighted by molar-refractivity contribution is 9.10. The van der Waals surface area contributed by atoms with E-state index in [1.165, 1.54) is 24.6 Å². The zero-order chi connectivity index (χ0) is 20.9. The third-order valence-corrected chi connectivity index (χ3v) is 8.90. The van der Waals surface area contributed by atoms with Gasteiger partial charge in [0.1, 0.15) is 0 Å². The maximum absolute atomic E-state index is 13.0. The van der Waals surface area contributed by atoms with Crippen LogP contribution in [0.25, 0.3) is 0 Å². The number of amides is 1. The molecule has 4 fully saturated rings. The predicted octanol–water partition coefficient (Wildman–Crippen LogP) is 2.72. The Hall–Kier alpha value is -1.52. The minimum absolute atomic E-state index is 0.0185. The van der Waals surface area contributed by atoms with E-state index in [2.05, 4.69) is 26.0 Å². The van der Waals surface area contributed by atoms with E-state index in [1.807, 2.05) is 0 Å². The topological polar surface area (TPSA) is 118 Å². The highest BCUT2D eigenvalue weighted by Gasteiger charge is 2.59. The Morgan fingerprint density at radius 3 is 2.52 bits per heavy atom. The van der Waals surface area contributed by atoms with E-state index < -0.39 is 14.9 Å². The molecule has 4 bridgehead atoms. The summed E-state index contributed by atoms with van der Waals surface area (Å²) in [5.41, 5.74) is -0.626. The van der Waals surface area contributed by atoms with Crippen LogP contribution in [-0.4, -0.2) is 36.7 Å². The fourth-order valence-electron chi connectivity index (χ4n) is 5.81. The van der Waals surface area contributed by atoms with Gasteiger partial charge in [0.05, 0.1) is 15.2 Å². The molecule has 0 saturated heterocycles. The molecular weight excluding hydrogens is 462 g/mol. The molecule has 1 amide bonds. The Balaban J connectivity index is 1.33. The van der Waals surface area contributed by atoms with Crippen LogP contribution in [0, 0.1) is 27.4 Å². The summed E-state index contributed by atoms with van der Waals surface area (Å²) in [6, 6.07) is 4.89. The summed E-state index contributed by atoms with van der Waals surface area (Å²) in [6.45, 7) is 0.207. The van der Waals surface area contributed by atoms with Gasteiger partial charge in [-0.05, 0) is 56.4 Å². The largest absolute Gasteiger partial charge is 0.354 e. The molecule has 8 nitrogen and oxygen atoms in total. The third kappa shape index (κ3) is 4.06. The number of rotatable bonds is 7. The molecule has 10 heteroatoms. The van der Waals surface area contributed by atoms with Crippen molar-refractivity contribution in [1.29, 1.82) is 0 Å². The van der Waals surface area contributed by atoms with Gasteiger partial charge in [0.2, 0.25) is 15.9 Å². The number of hydrogen-bond acceptors (Lipinski definition) is 5. The van der Waals surface area contributed by atoms with Crippen LogP contribution >= 0.6 is 15.9 Å². The Bertz CT molecular complexity index is 937. The first kappa shape index (κ1) is 20.7. The summed E-state index contributed by atoms with van der Waals surface area (Å²) in [4.78, 5) is 23.0. The number of benzene rings is 1. The van der Waals surface area contributed by atoms with Crippen molar-refractivity contribution < 1.29 is 18.1 Å². The molecule has 0 aliphatic heterocycles. The molecule has 0 aromatic heterocycles.